The standard InChI is InChI=1S/C9H6F2O3S/c1-4(12)15-8-2-5(9(13)14)6(10)3-7(8)11/h2-3H,1H3,(H,13,14). The smallest absolute Gasteiger partial charge is 0.338 e. The van der Waals surface area contributed by atoms with Crippen molar-refractivity contribution in [1.82, 2.24) is 0 Å². The Kier molecular flexibility index (Phi) is 3.41. The van der Waals surface area contributed by atoms with E-state index in [9.17, 15) is 18.4 Å². The molecule has 0 saturated heterocycles. The Morgan fingerprint density at radius 2 is 1.87 bits per heavy atom. The number of rotatable bonds is 2. The highest BCUT2D eigenvalue weighted by Gasteiger charge is 2.16. The van der Waals surface area contributed by atoms with E-state index in [2.05, 4.69) is 0 Å². The topological polar surface area (TPSA) is 54.4 Å². The molecule has 0 spiro atoms. The molecule has 0 aliphatic rings. The second kappa shape index (κ2) is 4.39. The van der Waals surface area contributed by atoms with E-state index in [-0.39, 0.29) is 4.90 Å². The summed E-state index contributed by atoms with van der Waals surface area (Å²) in [5.41, 5.74) is -0.653. The summed E-state index contributed by atoms with van der Waals surface area (Å²) < 4.78 is 26.0. The Balaban J connectivity index is 3.23. The minimum Gasteiger partial charge on any atom is -0.478 e. The Bertz CT molecular complexity index is 432. The summed E-state index contributed by atoms with van der Waals surface area (Å²) in [5.74, 6) is -3.61. The van der Waals surface area contributed by atoms with Gasteiger partial charge in [0.2, 0.25) is 0 Å². The van der Waals surface area contributed by atoms with Crippen LogP contribution in [0.15, 0.2) is 17.0 Å². The van der Waals surface area contributed by atoms with Crippen LogP contribution in [0.5, 0.6) is 0 Å². The fourth-order valence-electron chi connectivity index (χ4n) is 0.926. The van der Waals surface area contributed by atoms with Gasteiger partial charge in [-0.05, 0) is 17.8 Å². The third-order valence-electron chi connectivity index (χ3n) is 1.51. The molecule has 0 aliphatic carbocycles. The number of carboxylic acid groups (broad SMARTS) is 1. The van der Waals surface area contributed by atoms with Crippen molar-refractivity contribution in [2.45, 2.75) is 11.8 Å². The Hall–Kier alpha value is -1.43. The predicted molar refractivity (Wildman–Crippen MR) is 49.9 cm³/mol. The van der Waals surface area contributed by atoms with Crippen molar-refractivity contribution in [1.29, 1.82) is 0 Å². The van der Waals surface area contributed by atoms with E-state index in [1.165, 1.54) is 6.92 Å². The van der Waals surface area contributed by atoms with Gasteiger partial charge in [0.1, 0.15) is 11.6 Å². The lowest BCUT2D eigenvalue weighted by Gasteiger charge is -2.03. The largest absolute Gasteiger partial charge is 0.478 e. The van der Waals surface area contributed by atoms with Gasteiger partial charge in [-0.2, -0.15) is 0 Å². The van der Waals surface area contributed by atoms with Gasteiger partial charge >= 0.3 is 5.97 Å². The van der Waals surface area contributed by atoms with Gasteiger partial charge in [0.05, 0.1) is 10.5 Å². The van der Waals surface area contributed by atoms with Crippen LogP contribution in [-0.4, -0.2) is 16.2 Å². The van der Waals surface area contributed by atoms with Gasteiger partial charge in [0.15, 0.2) is 5.12 Å². The number of hydrogen-bond acceptors (Lipinski definition) is 3. The van der Waals surface area contributed by atoms with Crippen LogP contribution in [0, 0.1) is 11.6 Å². The SMILES string of the molecule is CC(=O)Sc1cc(C(=O)O)c(F)cc1F. The maximum absolute atomic E-state index is 13.0. The molecule has 1 aromatic rings. The van der Waals surface area contributed by atoms with Gasteiger partial charge in [-0.1, -0.05) is 0 Å². The van der Waals surface area contributed by atoms with Crippen LogP contribution in [0.25, 0.3) is 0 Å². The van der Waals surface area contributed by atoms with E-state index in [4.69, 9.17) is 5.11 Å². The number of benzene rings is 1. The lowest BCUT2D eigenvalue weighted by atomic mass is 10.2. The zero-order valence-corrected chi connectivity index (χ0v) is 8.40. The molecule has 1 rings (SSSR count). The zero-order chi connectivity index (χ0) is 11.6. The minimum atomic E-state index is -1.50. The van der Waals surface area contributed by atoms with Crippen molar-refractivity contribution in [3.63, 3.8) is 0 Å². The summed E-state index contributed by atoms with van der Waals surface area (Å²) in [6, 6.07) is 1.26. The highest BCUT2D eigenvalue weighted by molar-refractivity contribution is 8.13. The number of carbonyl (C=O) groups is 2. The molecule has 0 amide bonds. The highest BCUT2D eigenvalue weighted by atomic mass is 32.2. The first-order chi connectivity index (χ1) is 6.91. The highest BCUT2D eigenvalue weighted by Crippen LogP contribution is 2.25. The number of aromatic carboxylic acids is 1. The van der Waals surface area contributed by atoms with Gasteiger partial charge in [-0.15, -0.1) is 0 Å². The van der Waals surface area contributed by atoms with Crippen molar-refractivity contribution >= 4 is 22.8 Å². The Labute approximate surface area is 88.1 Å². The Morgan fingerprint density at radius 3 is 2.33 bits per heavy atom. The summed E-state index contributed by atoms with van der Waals surface area (Å²) in [5, 5.41) is 8.15. The summed E-state index contributed by atoms with van der Waals surface area (Å²) in [6.45, 7) is 1.20. The van der Waals surface area contributed by atoms with Crippen molar-refractivity contribution in [3.8, 4) is 0 Å². The predicted octanol–water partition coefficient (Wildman–Crippen LogP) is 2.30. The third-order valence-corrected chi connectivity index (χ3v) is 2.33. The molecule has 3 nitrogen and oxygen atoms in total. The number of hydrogen-bond donors (Lipinski definition) is 1. The average molecular weight is 232 g/mol. The van der Waals surface area contributed by atoms with Crippen molar-refractivity contribution < 1.29 is 23.5 Å². The normalized spacial score (nSPS) is 10.1. The molecule has 1 aromatic carbocycles. The molecule has 1 N–H and O–H groups in total. The van der Waals surface area contributed by atoms with Gasteiger partial charge in [0.25, 0.3) is 0 Å². The maximum atomic E-state index is 13.0. The van der Waals surface area contributed by atoms with E-state index in [0.29, 0.717) is 17.8 Å². The minimum absolute atomic E-state index is 0.193. The van der Waals surface area contributed by atoms with Gasteiger partial charge in [-0.3, -0.25) is 4.79 Å². The number of carbonyl (C=O) groups excluding carboxylic acids is 1. The van der Waals surface area contributed by atoms with Crippen LogP contribution in [0.2, 0.25) is 0 Å². The third kappa shape index (κ3) is 2.76. The lowest BCUT2D eigenvalue weighted by Crippen LogP contribution is -2.02. The summed E-state index contributed by atoms with van der Waals surface area (Å²) >= 11 is 0.521. The van der Waals surface area contributed by atoms with Crippen molar-refractivity contribution in [2.24, 2.45) is 0 Å². The van der Waals surface area contributed by atoms with E-state index in [0.717, 1.165) is 6.07 Å². The van der Waals surface area contributed by atoms with E-state index < -0.39 is 28.3 Å². The Morgan fingerprint density at radius 1 is 1.27 bits per heavy atom. The molecule has 6 heteroatoms. The molecule has 0 unspecified atom stereocenters. The van der Waals surface area contributed by atoms with E-state index in [1.54, 1.807) is 0 Å². The van der Waals surface area contributed by atoms with Crippen LogP contribution >= 0.6 is 11.8 Å². The van der Waals surface area contributed by atoms with Gasteiger partial charge < -0.3 is 5.11 Å². The second-order valence-electron chi connectivity index (χ2n) is 2.66. The molecule has 0 aromatic heterocycles. The molecule has 0 radical (unpaired) electrons. The first-order valence-corrected chi connectivity index (χ1v) is 4.64. The van der Waals surface area contributed by atoms with E-state index in [1.807, 2.05) is 0 Å². The monoisotopic (exact) mass is 232 g/mol. The summed E-state index contributed by atoms with van der Waals surface area (Å²) in [4.78, 5) is 21.0. The molecule has 80 valence electrons. The quantitative estimate of drug-likeness (QED) is 0.795. The van der Waals surface area contributed by atoms with E-state index >= 15 is 0 Å². The summed E-state index contributed by atoms with van der Waals surface area (Å²) in [7, 11) is 0. The first kappa shape index (κ1) is 11.6. The average Bonchev–Trinajstić information content (AvgIpc) is 2.08. The number of halogens is 2. The van der Waals surface area contributed by atoms with Crippen LogP contribution in [-0.2, 0) is 4.79 Å². The number of thioether (sulfide) groups is 1. The molecule has 0 heterocycles. The lowest BCUT2D eigenvalue weighted by molar-refractivity contribution is -0.109. The second-order valence-corrected chi connectivity index (χ2v) is 3.88. The fraction of sp³-hybridized carbons (Fsp3) is 0.111. The number of carboxylic acids is 1. The molecule has 0 bridgehead atoms. The summed E-state index contributed by atoms with van der Waals surface area (Å²) in [6.07, 6.45) is 0. The fourth-order valence-corrected chi connectivity index (χ4v) is 1.57. The molecular formula is C9H6F2O3S. The van der Waals surface area contributed by atoms with Crippen molar-refractivity contribution in [3.05, 3.63) is 29.3 Å². The molecule has 15 heavy (non-hydrogen) atoms. The van der Waals surface area contributed by atoms with Gasteiger partial charge in [-0.25, -0.2) is 13.6 Å². The van der Waals surface area contributed by atoms with Crippen LogP contribution in [0.4, 0.5) is 8.78 Å². The maximum Gasteiger partial charge on any atom is 0.338 e. The van der Waals surface area contributed by atoms with Crippen LogP contribution in [0.3, 0.4) is 0 Å². The molecular weight excluding hydrogens is 226 g/mol. The molecule has 0 saturated carbocycles. The zero-order valence-electron chi connectivity index (χ0n) is 7.58. The van der Waals surface area contributed by atoms with Crippen LogP contribution in [0.1, 0.15) is 17.3 Å². The molecule has 0 atom stereocenters. The van der Waals surface area contributed by atoms with Crippen molar-refractivity contribution in [2.75, 3.05) is 0 Å². The molecule has 0 aliphatic heterocycles. The first-order valence-electron chi connectivity index (χ1n) is 3.82. The van der Waals surface area contributed by atoms with Gasteiger partial charge in [0, 0.05) is 13.0 Å². The molecule has 0 fully saturated rings. The van der Waals surface area contributed by atoms with Crippen LogP contribution < -0.4 is 0 Å².